The van der Waals surface area contributed by atoms with E-state index in [0.29, 0.717) is 35.9 Å². The van der Waals surface area contributed by atoms with Crippen LogP contribution in [0, 0.1) is 10.1 Å². The highest BCUT2D eigenvalue weighted by atomic mass is 35.5. The second-order valence-corrected chi connectivity index (χ2v) is 7.07. The van der Waals surface area contributed by atoms with E-state index in [1.165, 1.54) is 18.2 Å². The fourth-order valence-electron chi connectivity index (χ4n) is 3.23. The number of halogens is 1. The summed E-state index contributed by atoms with van der Waals surface area (Å²) in [5, 5.41) is 15.5. The number of nitro groups is 1. The fourth-order valence-corrected chi connectivity index (χ4v) is 3.35. The van der Waals surface area contributed by atoms with Gasteiger partial charge in [-0.3, -0.25) is 14.9 Å². The Bertz CT molecular complexity index is 1090. The number of hydrogen-bond donors (Lipinski definition) is 0. The van der Waals surface area contributed by atoms with Crippen LogP contribution >= 0.6 is 11.6 Å². The van der Waals surface area contributed by atoms with Crippen molar-refractivity contribution in [1.29, 1.82) is 0 Å². The molecule has 0 unspecified atom stereocenters. The highest BCUT2D eigenvalue weighted by Gasteiger charge is 2.26. The molecule has 8 heteroatoms. The van der Waals surface area contributed by atoms with Gasteiger partial charge in [0.05, 0.1) is 11.5 Å². The summed E-state index contributed by atoms with van der Waals surface area (Å²) < 4.78 is 5.53. The normalized spacial score (nSPS) is 13.5. The summed E-state index contributed by atoms with van der Waals surface area (Å²) in [6.45, 7) is 0.925. The first-order valence-electron chi connectivity index (χ1n) is 8.96. The van der Waals surface area contributed by atoms with Gasteiger partial charge < -0.3 is 9.42 Å². The molecule has 0 aliphatic carbocycles. The molecular formula is C21H16ClN3O4. The summed E-state index contributed by atoms with van der Waals surface area (Å²) in [4.78, 5) is 24.5. The van der Waals surface area contributed by atoms with E-state index >= 15 is 0 Å². The van der Waals surface area contributed by atoms with Gasteiger partial charge in [-0.05, 0) is 54.5 Å². The van der Waals surface area contributed by atoms with Crippen LogP contribution in [0.25, 0.3) is 17.4 Å². The zero-order chi connectivity index (χ0) is 20.4. The molecule has 7 nitrogen and oxygen atoms in total. The van der Waals surface area contributed by atoms with Crippen LogP contribution in [0.15, 0.2) is 59.1 Å². The number of benzene rings is 2. The summed E-state index contributed by atoms with van der Waals surface area (Å²) >= 11 is 5.94. The monoisotopic (exact) mass is 409 g/mol. The van der Waals surface area contributed by atoms with Crippen molar-refractivity contribution in [3.8, 4) is 11.3 Å². The Morgan fingerprint density at radius 1 is 1.17 bits per heavy atom. The third-order valence-electron chi connectivity index (χ3n) is 4.78. The maximum atomic E-state index is 12.5. The largest absolute Gasteiger partial charge is 0.356 e. The third kappa shape index (κ3) is 4.05. The molecule has 0 fully saturated rings. The molecule has 29 heavy (non-hydrogen) atoms. The molecule has 3 aromatic rings. The Morgan fingerprint density at radius 3 is 2.59 bits per heavy atom. The van der Waals surface area contributed by atoms with Gasteiger partial charge in [0.1, 0.15) is 5.69 Å². The molecule has 0 atom stereocenters. The quantitative estimate of drug-likeness (QED) is 0.359. The second-order valence-electron chi connectivity index (χ2n) is 6.64. The maximum absolute atomic E-state index is 12.5. The highest BCUT2D eigenvalue weighted by molar-refractivity contribution is 6.30. The zero-order valence-corrected chi connectivity index (χ0v) is 16.0. The molecule has 1 amide bonds. The van der Waals surface area contributed by atoms with E-state index in [2.05, 4.69) is 5.16 Å². The number of rotatable bonds is 4. The summed E-state index contributed by atoms with van der Waals surface area (Å²) in [6, 6.07) is 13.4. The van der Waals surface area contributed by atoms with Crippen molar-refractivity contribution in [2.45, 2.75) is 13.0 Å². The van der Waals surface area contributed by atoms with Gasteiger partial charge in [0.25, 0.3) is 5.69 Å². The van der Waals surface area contributed by atoms with Crippen molar-refractivity contribution < 1.29 is 14.2 Å². The predicted molar refractivity (Wildman–Crippen MR) is 108 cm³/mol. The van der Waals surface area contributed by atoms with Gasteiger partial charge in [-0.1, -0.05) is 16.8 Å². The first-order valence-corrected chi connectivity index (χ1v) is 9.34. The minimum Gasteiger partial charge on any atom is -0.356 e. The number of amides is 1. The Labute approximate surface area is 171 Å². The van der Waals surface area contributed by atoms with E-state index in [1.807, 2.05) is 12.1 Å². The summed E-state index contributed by atoms with van der Waals surface area (Å²) in [7, 11) is 0. The Hall–Kier alpha value is -3.45. The number of hydrogen-bond acceptors (Lipinski definition) is 5. The minimum absolute atomic E-state index is 0.0135. The summed E-state index contributed by atoms with van der Waals surface area (Å²) in [5.74, 6) is 0.565. The second kappa shape index (κ2) is 7.89. The van der Waals surface area contributed by atoms with Crippen LogP contribution in [0.3, 0.4) is 0 Å². The molecule has 0 saturated carbocycles. The molecule has 0 bridgehead atoms. The topological polar surface area (TPSA) is 89.5 Å². The molecule has 0 spiro atoms. The standard InChI is InChI=1S/C21H16ClN3O4/c22-16-6-4-15(5-7-16)21-18-11-12-24(13-19(18)23-29-21)20(26)10-3-14-1-8-17(9-2-14)25(27)28/h1-10H,11-13H2/b10-3+. The lowest BCUT2D eigenvalue weighted by atomic mass is 10.0. The molecular weight excluding hydrogens is 394 g/mol. The van der Waals surface area contributed by atoms with Gasteiger partial charge >= 0.3 is 0 Å². The summed E-state index contributed by atoms with van der Waals surface area (Å²) in [5.41, 5.74) is 3.39. The van der Waals surface area contributed by atoms with Crippen LogP contribution in [-0.4, -0.2) is 27.4 Å². The number of nitrogens with zero attached hydrogens (tertiary/aromatic N) is 3. The van der Waals surface area contributed by atoms with Gasteiger partial charge in [0, 0.05) is 40.9 Å². The fraction of sp³-hybridized carbons (Fsp3) is 0.143. The molecule has 2 aromatic carbocycles. The SMILES string of the molecule is O=C(/C=C/c1ccc([N+](=O)[O-])cc1)N1CCc2c(noc2-c2ccc(Cl)cc2)C1. The lowest BCUT2D eigenvalue weighted by Gasteiger charge is -2.24. The van der Waals surface area contributed by atoms with Crippen LogP contribution < -0.4 is 0 Å². The van der Waals surface area contributed by atoms with E-state index in [9.17, 15) is 14.9 Å². The van der Waals surface area contributed by atoms with Crippen molar-refractivity contribution in [2.75, 3.05) is 6.54 Å². The molecule has 1 aromatic heterocycles. The van der Waals surface area contributed by atoms with Crippen molar-refractivity contribution in [1.82, 2.24) is 10.1 Å². The van der Waals surface area contributed by atoms with Gasteiger partial charge in [-0.2, -0.15) is 0 Å². The average molecular weight is 410 g/mol. The van der Waals surface area contributed by atoms with E-state index < -0.39 is 4.92 Å². The Kier molecular flexibility index (Phi) is 5.14. The van der Waals surface area contributed by atoms with Gasteiger partial charge in [0.15, 0.2) is 5.76 Å². The first-order chi connectivity index (χ1) is 14.0. The van der Waals surface area contributed by atoms with E-state index in [0.717, 1.165) is 16.8 Å². The number of nitro benzene ring substituents is 1. The average Bonchev–Trinajstić information content (AvgIpc) is 3.16. The van der Waals surface area contributed by atoms with Crippen LogP contribution in [0.5, 0.6) is 0 Å². The molecule has 0 saturated heterocycles. The zero-order valence-electron chi connectivity index (χ0n) is 15.2. The summed E-state index contributed by atoms with van der Waals surface area (Å²) in [6.07, 6.45) is 3.75. The minimum atomic E-state index is -0.458. The molecule has 1 aliphatic rings. The number of non-ortho nitro benzene ring substituents is 1. The Morgan fingerprint density at radius 2 is 1.90 bits per heavy atom. The molecule has 1 aliphatic heterocycles. The van der Waals surface area contributed by atoms with Crippen LogP contribution in [0.4, 0.5) is 5.69 Å². The predicted octanol–water partition coefficient (Wildman–Crippen LogP) is 4.50. The maximum Gasteiger partial charge on any atom is 0.269 e. The van der Waals surface area contributed by atoms with Gasteiger partial charge in [-0.15, -0.1) is 0 Å². The number of fused-ring (bicyclic) bond motifs is 1. The van der Waals surface area contributed by atoms with Gasteiger partial charge in [0.2, 0.25) is 5.91 Å². The van der Waals surface area contributed by atoms with Crippen LogP contribution in [0.1, 0.15) is 16.8 Å². The smallest absolute Gasteiger partial charge is 0.269 e. The number of carbonyl (C=O) groups excluding carboxylic acids is 1. The molecule has 4 rings (SSSR count). The molecule has 2 heterocycles. The molecule has 146 valence electrons. The van der Waals surface area contributed by atoms with E-state index in [-0.39, 0.29) is 11.6 Å². The lowest BCUT2D eigenvalue weighted by Crippen LogP contribution is -2.34. The van der Waals surface area contributed by atoms with Crippen molar-refractivity contribution in [3.63, 3.8) is 0 Å². The first kappa shape index (κ1) is 18.9. The number of aromatic nitrogens is 1. The van der Waals surface area contributed by atoms with E-state index in [4.69, 9.17) is 16.1 Å². The van der Waals surface area contributed by atoms with Crippen molar-refractivity contribution in [2.24, 2.45) is 0 Å². The van der Waals surface area contributed by atoms with Gasteiger partial charge in [-0.25, -0.2) is 0 Å². The number of carbonyl (C=O) groups is 1. The van der Waals surface area contributed by atoms with Crippen LogP contribution in [0.2, 0.25) is 5.02 Å². The highest BCUT2D eigenvalue weighted by Crippen LogP contribution is 2.31. The third-order valence-corrected chi connectivity index (χ3v) is 5.03. The van der Waals surface area contributed by atoms with Crippen LogP contribution in [-0.2, 0) is 17.8 Å². The molecule has 0 N–H and O–H groups in total. The van der Waals surface area contributed by atoms with Crippen molar-refractivity contribution in [3.05, 3.63) is 86.6 Å². The lowest BCUT2D eigenvalue weighted by molar-refractivity contribution is -0.384. The van der Waals surface area contributed by atoms with Crippen molar-refractivity contribution >= 4 is 29.3 Å². The van der Waals surface area contributed by atoms with E-state index in [1.54, 1.807) is 35.2 Å². The Balaban J connectivity index is 1.45. The molecule has 0 radical (unpaired) electrons.